The standard InChI is InChI=1S/C17H20N2O3S/c18-15-7-3-13(4-8-15)14-5-9-17(10-6-14)23(20,21)19-12-16-2-1-11-22-16/h3-10,16,19H,1-2,11-12,18H2. The molecule has 3 N–H and O–H groups in total. The molecule has 2 aromatic carbocycles. The van der Waals surface area contributed by atoms with Gasteiger partial charge in [0.1, 0.15) is 0 Å². The smallest absolute Gasteiger partial charge is 0.240 e. The van der Waals surface area contributed by atoms with Crippen LogP contribution in [0.3, 0.4) is 0 Å². The van der Waals surface area contributed by atoms with E-state index in [1.807, 2.05) is 24.3 Å². The summed E-state index contributed by atoms with van der Waals surface area (Å²) in [6.45, 7) is 1.03. The van der Waals surface area contributed by atoms with Crippen molar-refractivity contribution in [3.63, 3.8) is 0 Å². The van der Waals surface area contributed by atoms with Crippen LogP contribution in [0.1, 0.15) is 12.8 Å². The van der Waals surface area contributed by atoms with Gasteiger partial charge in [0.05, 0.1) is 11.0 Å². The third-order valence-corrected chi connectivity index (χ3v) is 5.37. The fourth-order valence-corrected chi connectivity index (χ4v) is 3.66. The minimum absolute atomic E-state index is 0.0150. The lowest BCUT2D eigenvalue weighted by Crippen LogP contribution is -2.31. The first-order valence-corrected chi connectivity index (χ1v) is 9.10. The van der Waals surface area contributed by atoms with Gasteiger partial charge in [0.2, 0.25) is 10.0 Å². The fourth-order valence-electron chi connectivity index (χ4n) is 2.59. The molecule has 0 saturated carbocycles. The highest BCUT2D eigenvalue weighted by Crippen LogP contribution is 2.22. The number of rotatable bonds is 5. The van der Waals surface area contributed by atoms with Crippen LogP contribution in [0.2, 0.25) is 0 Å². The summed E-state index contributed by atoms with van der Waals surface area (Å²) in [6.07, 6.45) is 1.88. The van der Waals surface area contributed by atoms with Crippen LogP contribution in [0.15, 0.2) is 53.4 Å². The van der Waals surface area contributed by atoms with Gasteiger partial charge in [-0.25, -0.2) is 13.1 Å². The normalized spacial score (nSPS) is 18.2. The largest absolute Gasteiger partial charge is 0.399 e. The lowest BCUT2D eigenvalue weighted by Gasteiger charge is -2.11. The molecule has 0 spiro atoms. The molecule has 0 aromatic heterocycles. The first-order chi connectivity index (χ1) is 11.0. The molecule has 5 nitrogen and oxygen atoms in total. The average molecular weight is 332 g/mol. The van der Waals surface area contributed by atoms with E-state index in [-0.39, 0.29) is 11.0 Å². The van der Waals surface area contributed by atoms with Gasteiger partial charge in [-0.05, 0) is 48.2 Å². The third-order valence-electron chi connectivity index (χ3n) is 3.93. The quantitative estimate of drug-likeness (QED) is 0.824. The van der Waals surface area contributed by atoms with Gasteiger partial charge in [-0.1, -0.05) is 24.3 Å². The van der Waals surface area contributed by atoms with E-state index in [1.54, 1.807) is 24.3 Å². The van der Waals surface area contributed by atoms with Gasteiger partial charge >= 0.3 is 0 Å². The molecule has 2 aromatic rings. The predicted molar refractivity (Wildman–Crippen MR) is 90.5 cm³/mol. The van der Waals surface area contributed by atoms with Crippen molar-refractivity contribution >= 4 is 15.7 Å². The molecule has 6 heteroatoms. The fraction of sp³-hybridized carbons (Fsp3) is 0.294. The van der Waals surface area contributed by atoms with Crippen molar-refractivity contribution in [2.45, 2.75) is 23.8 Å². The SMILES string of the molecule is Nc1ccc(-c2ccc(S(=O)(=O)NCC3CCCO3)cc2)cc1. The summed E-state index contributed by atoms with van der Waals surface area (Å²) in [7, 11) is -3.50. The van der Waals surface area contributed by atoms with Crippen molar-refractivity contribution in [2.75, 3.05) is 18.9 Å². The number of ether oxygens (including phenoxy) is 1. The molecule has 23 heavy (non-hydrogen) atoms. The molecule has 1 aliphatic rings. The van der Waals surface area contributed by atoms with Crippen LogP contribution in [-0.4, -0.2) is 27.7 Å². The van der Waals surface area contributed by atoms with Gasteiger partial charge in [0.15, 0.2) is 0 Å². The number of benzene rings is 2. The zero-order valence-electron chi connectivity index (χ0n) is 12.7. The van der Waals surface area contributed by atoms with E-state index in [0.717, 1.165) is 24.0 Å². The molecular formula is C17H20N2O3S. The van der Waals surface area contributed by atoms with Crippen molar-refractivity contribution in [3.8, 4) is 11.1 Å². The predicted octanol–water partition coefficient (Wildman–Crippen LogP) is 2.39. The molecule has 122 valence electrons. The second kappa shape index (κ2) is 6.70. The Morgan fingerprint density at radius 3 is 2.22 bits per heavy atom. The average Bonchev–Trinajstić information content (AvgIpc) is 3.08. The molecule has 1 aliphatic heterocycles. The molecule has 1 unspecified atom stereocenters. The number of hydrogen-bond acceptors (Lipinski definition) is 4. The van der Waals surface area contributed by atoms with Crippen molar-refractivity contribution in [3.05, 3.63) is 48.5 Å². The zero-order valence-corrected chi connectivity index (χ0v) is 13.6. The Morgan fingerprint density at radius 2 is 1.65 bits per heavy atom. The summed E-state index contributed by atoms with van der Waals surface area (Å²) in [4.78, 5) is 0.259. The molecule has 0 radical (unpaired) electrons. The maximum absolute atomic E-state index is 12.3. The topological polar surface area (TPSA) is 81.4 Å². The first kappa shape index (κ1) is 16.0. The summed E-state index contributed by atoms with van der Waals surface area (Å²) in [5, 5.41) is 0. The van der Waals surface area contributed by atoms with Gasteiger partial charge in [-0.15, -0.1) is 0 Å². The van der Waals surface area contributed by atoms with E-state index >= 15 is 0 Å². The molecule has 1 fully saturated rings. The van der Waals surface area contributed by atoms with Crippen molar-refractivity contribution < 1.29 is 13.2 Å². The Hall–Kier alpha value is -1.89. The number of nitrogens with two attached hydrogens (primary N) is 1. The van der Waals surface area contributed by atoms with Crippen LogP contribution in [0.4, 0.5) is 5.69 Å². The Bertz CT molecular complexity index is 749. The van der Waals surface area contributed by atoms with Crippen LogP contribution < -0.4 is 10.5 Å². The Balaban J connectivity index is 1.71. The number of nitrogens with one attached hydrogen (secondary N) is 1. The van der Waals surface area contributed by atoms with E-state index in [2.05, 4.69) is 4.72 Å². The molecule has 0 aliphatic carbocycles. The lowest BCUT2D eigenvalue weighted by molar-refractivity contribution is 0.114. The molecule has 0 amide bonds. The van der Waals surface area contributed by atoms with Gasteiger partial charge in [-0.2, -0.15) is 0 Å². The molecule has 1 heterocycles. The van der Waals surface area contributed by atoms with Crippen molar-refractivity contribution in [2.24, 2.45) is 0 Å². The monoisotopic (exact) mass is 332 g/mol. The second-order valence-electron chi connectivity index (χ2n) is 5.63. The van der Waals surface area contributed by atoms with E-state index < -0.39 is 10.0 Å². The van der Waals surface area contributed by atoms with E-state index in [0.29, 0.717) is 18.8 Å². The summed E-state index contributed by atoms with van der Waals surface area (Å²) in [5.74, 6) is 0. The van der Waals surface area contributed by atoms with Gasteiger partial charge in [0, 0.05) is 18.8 Å². The summed E-state index contributed by atoms with van der Waals surface area (Å²) in [5.41, 5.74) is 8.32. The summed E-state index contributed by atoms with van der Waals surface area (Å²) >= 11 is 0. The van der Waals surface area contributed by atoms with Crippen LogP contribution in [0.25, 0.3) is 11.1 Å². The number of hydrogen-bond donors (Lipinski definition) is 2. The summed E-state index contributed by atoms with van der Waals surface area (Å²) < 4.78 is 32.6. The third kappa shape index (κ3) is 3.90. The molecule has 3 rings (SSSR count). The maximum atomic E-state index is 12.3. The van der Waals surface area contributed by atoms with Crippen molar-refractivity contribution in [1.29, 1.82) is 0 Å². The van der Waals surface area contributed by atoms with Gasteiger partial charge < -0.3 is 10.5 Å². The van der Waals surface area contributed by atoms with Crippen LogP contribution in [-0.2, 0) is 14.8 Å². The Morgan fingerprint density at radius 1 is 1.04 bits per heavy atom. The molecule has 0 bridgehead atoms. The van der Waals surface area contributed by atoms with E-state index in [1.165, 1.54) is 0 Å². The van der Waals surface area contributed by atoms with Crippen molar-refractivity contribution in [1.82, 2.24) is 4.72 Å². The number of sulfonamides is 1. The number of nitrogen functional groups attached to an aromatic ring is 1. The number of anilines is 1. The van der Waals surface area contributed by atoms with E-state index in [4.69, 9.17) is 10.5 Å². The van der Waals surface area contributed by atoms with Crippen LogP contribution >= 0.6 is 0 Å². The lowest BCUT2D eigenvalue weighted by atomic mass is 10.1. The van der Waals surface area contributed by atoms with Crippen LogP contribution in [0, 0.1) is 0 Å². The Labute approximate surface area is 136 Å². The first-order valence-electron chi connectivity index (χ1n) is 7.62. The highest BCUT2D eigenvalue weighted by Gasteiger charge is 2.20. The van der Waals surface area contributed by atoms with Crippen LogP contribution in [0.5, 0.6) is 0 Å². The van der Waals surface area contributed by atoms with Gasteiger partial charge in [-0.3, -0.25) is 0 Å². The maximum Gasteiger partial charge on any atom is 0.240 e. The molecule has 1 saturated heterocycles. The minimum atomic E-state index is -3.50. The highest BCUT2D eigenvalue weighted by atomic mass is 32.2. The van der Waals surface area contributed by atoms with Gasteiger partial charge in [0.25, 0.3) is 0 Å². The second-order valence-corrected chi connectivity index (χ2v) is 7.40. The zero-order chi connectivity index (χ0) is 16.3. The molecule has 1 atom stereocenters. The minimum Gasteiger partial charge on any atom is -0.399 e. The molecular weight excluding hydrogens is 312 g/mol. The Kier molecular flexibility index (Phi) is 4.66. The summed E-state index contributed by atoms with van der Waals surface area (Å²) in [6, 6.07) is 14.3. The highest BCUT2D eigenvalue weighted by molar-refractivity contribution is 7.89. The van der Waals surface area contributed by atoms with E-state index in [9.17, 15) is 8.42 Å².